The van der Waals surface area contributed by atoms with Crippen molar-refractivity contribution in [2.45, 2.75) is 199 Å². The van der Waals surface area contributed by atoms with Crippen LogP contribution in [0.4, 0.5) is 0 Å². The number of phosphoric acid groups is 1. The van der Waals surface area contributed by atoms with Crippen LogP contribution in [0.5, 0.6) is 0 Å². The van der Waals surface area contributed by atoms with Gasteiger partial charge in [-0.15, -0.1) is 0 Å². The Labute approximate surface area is 335 Å². The molecule has 1 saturated carbocycles. The van der Waals surface area contributed by atoms with Crippen LogP contribution in [0.25, 0.3) is 0 Å². The summed E-state index contributed by atoms with van der Waals surface area (Å²) >= 11 is 0. The first-order chi connectivity index (χ1) is 26.2. The van der Waals surface area contributed by atoms with Gasteiger partial charge >= 0.3 is 0 Å². The predicted octanol–water partition coefficient (Wildman–Crippen LogP) is 7.93. The Bertz CT molecular complexity index is 1070. The maximum absolute atomic E-state index is 13.0. The standard InChI is InChI=1S/C43H83N2O9P/c1-6-8-10-11-12-13-14-15-16-17-18-19-24-28-40(47)39(35-54-55(51,52)53-33-32-45(3,4)5)44-43(50)29-25-21-20-23-27-37-38(42(49)34-41(37)48)31-30-36(46)26-22-9-7-2/h30-31,36-40,42,46-47,49H,6-29,32-35H2,1-5H3,(H-,44,50,51,52)/b31-30+/t36-,37+,38+,39-,40+,42+/m0/s1. The number of amides is 1. The summed E-state index contributed by atoms with van der Waals surface area (Å²) in [6, 6.07) is -0.885. The smallest absolute Gasteiger partial charge is 0.268 e. The third kappa shape index (κ3) is 27.2. The number of aliphatic hydroxyl groups is 3. The summed E-state index contributed by atoms with van der Waals surface area (Å²) in [6.07, 6.45) is 25.3. The summed E-state index contributed by atoms with van der Waals surface area (Å²) in [5.41, 5.74) is 0. The first kappa shape index (κ1) is 51.8. The zero-order valence-corrected chi connectivity index (χ0v) is 36.5. The number of carbonyl (C=O) groups excluding carboxylic acids is 2. The van der Waals surface area contributed by atoms with Crippen LogP contribution in [0.3, 0.4) is 0 Å². The number of quaternary nitrogens is 1. The molecule has 12 heteroatoms. The fourth-order valence-electron chi connectivity index (χ4n) is 7.29. The second kappa shape index (κ2) is 30.8. The molecule has 0 heterocycles. The fourth-order valence-corrected chi connectivity index (χ4v) is 8.01. The summed E-state index contributed by atoms with van der Waals surface area (Å²) in [7, 11) is 1.16. The molecule has 0 aromatic rings. The number of hydrogen-bond acceptors (Lipinski definition) is 9. The second-order valence-corrected chi connectivity index (χ2v) is 18.6. The van der Waals surface area contributed by atoms with E-state index in [2.05, 4.69) is 19.2 Å². The highest BCUT2D eigenvalue weighted by molar-refractivity contribution is 7.45. The highest BCUT2D eigenvalue weighted by Gasteiger charge is 2.39. The molecule has 1 unspecified atom stereocenters. The fraction of sp³-hybridized carbons (Fsp3) is 0.907. The van der Waals surface area contributed by atoms with Crippen LogP contribution in [0.15, 0.2) is 12.2 Å². The molecule has 1 aliphatic rings. The number of carbonyl (C=O) groups is 2. The molecule has 1 rings (SSSR count). The zero-order chi connectivity index (χ0) is 41.0. The Morgan fingerprint density at radius 2 is 1.36 bits per heavy atom. The van der Waals surface area contributed by atoms with E-state index in [9.17, 15) is 34.4 Å². The van der Waals surface area contributed by atoms with E-state index in [1.54, 1.807) is 6.08 Å². The summed E-state index contributed by atoms with van der Waals surface area (Å²) in [4.78, 5) is 38.1. The number of unbranched alkanes of at least 4 members (excludes halogenated alkanes) is 17. The second-order valence-electron chi connectivity index (χ2n) is 17.2. The molecule has 7 atom stereocenters. The van der Waals surface area contributed by atoms with Gasteiger partial charge in [0.2, 0.25) is 5.91 Å². The van der Waals surface area contributed by atoms with E-state index >= 15 is 0 Å². The molecule has 4 N–H and O–H groups in total. The molecule has 55 heavy (non-hydrogen) atoms. The molecule has 1 amide bonds. The van der Waals surface area contributed by atoms with Crippen molar-refractivity contribution < 1.29 is 47.9 Å². The van der Waals surface area contributed by atoms with E-state index in [4.69, 9.17) is 9.05 Å². The van der Waals surface area contributed by atoms with Crippen LogP contribution in [0, 0.1) is 11.8 Å². The summed E-state index contributed by atoms with van der Waals surface area (Å²) in [5.74, 6) is -0.754. The largest absolute Gasteiger partial charge is 0.756 e. The molecule has 0 aromatic carbocycles. The minimum atomic E-state index is -4.63. The lowest BCUT2D eigenvalue weighted by molar-refractivity contribution is -0.870. The normalized spacial score (nSPS) is 20.5. The lowest BCUT2D eigenvalue weighted by atomic mass is 9.88. The molecule has 0 bridgehead atoms. The molecule has 11 nitrogen and oxygen atoms in total. The van der Waals surface area contributed by atoms with Gasteiger partial charge in [-0.2, -0.15) is 0 Å². The molecule has 0 aromatic heterocycles. The van der Waals surface area contributed by atoms with E-state index < -0.39 is 38.8 Å². The predicted molar refractivity (Wildman–Crippen MR) is 220 cm³/mol. The number of hydrogen-bond donors (Lipinski definition) is 4. The van der Waals surface area contributed by atoms with Crippen LogP contribution >= 0.6 is 7.82 Å². The van der Waals surface area contributed by atoms with Gasteiger partial charge in [0, 0.05) is 24.7 Å². The van der Waals surface area contributed by atoms with Crippen molar-refractivity contribution in [2.24, 2.45) is 11.8 Å². The first-order valence-corrected chi connectivity index (χ1v) is 23.6. The average molecular weight is 803 g/mol. The molecule has 0 saturated heterocycles. The molecule has 0 spiro atoms. The zero-order valence-electron chi connectivity index (χ0n) is 35.6. The van der Waals surface area contributed by atoms with Gasteiger partial charge in [-0.1, -0.05) is 148 Å². The Kier molecular flexibility index (Phi) is 29.1. The van der Waals surface area contributed by atoms with Crippen LogP contribution in [0.2, 0.25) is 0 Å². The Morgan fingerprint density at radius 1 is 0.836 bits per heavy atom. The van der Waals surface area contributed by atoms with Gasteiger partial charge < -0.3 is 39.1 Å². The van der Waals surface area contributed by atoms with Gasteiger partial charge in [-0.3, -0.25) is 14.2 Å². The Morgan fingerprint density at radius 3 is 1.96 bits per heavy atom. The van der Waals surface area contributed by atoms with Gasteiger partial charge in [0.1, 0.15) is 18.9 Å². The van der Waals surface area contributed by atoms with Gasteiger partial charge in [0.15, 0.2) is 0 Å². The van der Waals surface area contributed by atoms with Crippen LogP contribution in [-0.4, -0.2) is 96.7 Å². The minimum Gasteiger partial charge on any atom is -0.756 e. The van der Waals surface area contributed by atoms with Crippen molar-refractivity contribution in [3.8, 4) is 0 Å². The van der Waals surface area contributed by atoms with Crippen molar-refractivity contribution >= 4 is 19.5 Å². The number of rotatable bonds is 36. The molecule has 1 aliphatic carbocycles. The molecule has 1 fully saturated rings. The van der Waals surface area contributed by atoms with E-state index in [0.717, 1.165) is 57.8 Å². The van der Waals surface area contributed by atoms with Crippen LogP contribution < -0.4 is 10.2 Å². The maximum Gasteiger partial charge on any atom is 0.268 e. The number of aliphatic hydroxyl groups excluding tert-OH is 3. The van der Waals surface area contributed by atoms with Gasteiger partial charge in [0.25, 0.3) is 7.82 Å². The third-order valence-electron chi connectivity index (χ3n) is 10.9. The number of likely N-dealkylation sites (N-methyl/N-ethyl adjacent to an activating group) is 1. The lowest BCUT2D eigenvalue weighted by Crippen LogP contribution is -2.46. The molecular formula is C43H83N2O9P. The molecule has 324 valence electrons. The van der Waals surface area contributed by atoms with Crippen LogP contribution in [0.1, 0.15) is 174 Å². The number of Topliss-reactive ketones (excluding diaryl/α,β-unsaturated/α-hetero) is 1. The van der Waals surface area contributed by atoms with Crippen molar-refractivity contribution in [3.05, 3.63) is 12.2 Å². The number of ketones is 1. The molecule has 0 aliphatic heterocycles. The van der Waals surface area contributed by atoms with E-state index in [-0.39, 0.29) is 43.0 Å². The first-order valence-electron chi connectivity index (χ1n) is 22.1. The number of nitrogens with zero attached hydrogens (tertiary/aromatic N) is 1. The number of nitrogens with one attached hydrogen (secondary N) is 1. The monoisotopic (exact) mass is 803 g/mol. The minimum absolute atomic E-state index is 0.0298. The average Bonchev–Trinajstić information content (AvgIpc) is 3.39. The quantitative estimate of drug-likeness (QED) is 0.0213. The van der Waals surface area contributed by atoms with Gasteiger partial charge in [-0.25, -0.2) is 0 Å². The van der Waals surface area contributed by atoms with Gasteiger partial charge in [-0.05, 0) is 25.7 Å². The van der Waals surface area contributed by atoms with Crippen LogP contribution in [-0.2, 0) is 23.2 Å². The third-order valence-corrected chi connectivity index (χ3v) is 11.9. The molecular weight excluding hydrogens is 719 g/mol. The van der Waals surface area contributed by atoms with E-state index in [1.165, 1.54) is 64.2 Å². The maximum atomic E-state index is 13.0. The van der Waals surface area contributed by atoms with Crippen molar-refractivity contribution in [1.29, 1.82) is 0 Å². The summed E-state index contributed by atoms with van der Waals surface area (Å²) in [6.45, 7) is 4.40. The summed E-state index contributed by atoms with van der Waals surface area (Å²) < 4.78 is 23.2. The van der Waals surface area contributed by atoms with Gasteiger partial charge in [0.05, 0.1) is 52.1 Å². The summed E-state index contributed by atoms with van der Waals surface area (Å²) in [5, 5.41) is 34.6. The topological polar surface area (TPSA) is 165 Å². The van der Waals surface area contributed by atoms with Crippen molar-refractivity contribution in [1.82, 2.24) is 5.32 Å². The number of phosphoric ester groups is 1. The highest BCUT2D eigenvalue weighted by Crippen LogP contribution is 2.38. The highest BCUT2D eigenvalue weighted by atomic mass is 31.2. The Balaban J connectivity index is 2.51. The van der Waals surface area contributed by atoms with Crippen molar-refractivity contribution in [3.63, 3.8) is 0 Å². The molecule has 0 radical (unpaired) electrons. The van der Waals surface area contributed by atoms with E-state index in [1.807, 2.05) is 27.2 Å². The van der Waals surface area contributed by atoms with E-state index in [0.29, 0.717) is 36.7 Å². The lowest BCUT2D eigenvalue weighted by Gasteiger charge is -2.30. The SMILES string of the molecule is CCCCCCCCCCCCCCC[C@@H](O)[C@H](COP(=O)([O-])OCC[N+](C)(C)C)NC(=O)CCCCCC[C@H]1C(=O)C[C@@H](O)[C@@H]1/C=C/[C@@H](O)CCCCC. The van der Waals surface area contributed by atoms with Crippen molar-refractivity contribution in [2.75, 3.05) is 40.9 Å². The Hall–Kier alpha value is -1.17.